The fourth-order valence-electron chi connectivity index (χ4n) is 3.50. The van der Waals surface area contributed by atoms with Gasteiger partial charge in [0, 0.05) is 12.1 Å². The summed E-state index contributed by atoms with van der Waals surface area (Å²) in [5.41, 5.74) is 6.54. The number of pyridine rings is 1. The second kappa shape index (κ2) is 5.52. The molecule has 3 rings (SSSR count). The Hall–Kier alpha value is -1.82. The van der Waals surface area contributed by atoms with Gasteiger partial charge in [-0.1, -0.05) is 0 Å². The minimum Gasteiger partial charge on any atom is -0.462 e. The van der Waals surface area contributed by atoms with E-state index in [0.717, 1.165) is 31.5 Å². The number of piperidine rings is 1. The number of aromatic nitrogens is 1. The minimum absolute atomic E-state index is 0.225. The van der Waals surface area contributed by atoms with Crippen LogP contribution in [0.2, 0.25) is 0 Å². The van der Waals surface area contributed by atoms with Crippen molar-refractivity contribution in [1.29, 1.82) is 0 Å². The fraction of sp³-hybridized carbons (Fsp3) is 0.600. The summed E-state index contributed by atoms with van der Waals surface area (Å²) in [4.78, 5) is 18.6. The zero-order chi connectivity index (χ0) is 15.0. The summed E-state index contributed by atoms with van der Waals surface area (Å²) in [6, 6.07) is 2.31. The van der Waals surface area contributed by atoms with E-state index in [1.54, 1.807) is 13.0 Å². The molecule has 2 fully saturated rings. The second-order valence-electron chi connectivity index (χ2n) is 5.77. The number of nitrogen functional groups attached to an aromatic ring is 1. The number of fused-ring (bicyclic) bond motifs is 2. The molecule has 2 bridgehead atoms. The van der Waals surface area contributed by atoms with Crippen LogP contribution in [0.4, 0.5) is 11.5 Å². The Bertz CT molecular complexity index is 535. The van der Waals surface area contributed by atoms with Gasteiger partial charge in [-0.25, -0.2) is 9.78 Å². The number of esters is 1. The summed E-state index contributed by atoms with van der Waals surface area (Å²) in [6.07, 6.45) is 4.93. The van der Waals surface area contributed by atoms with Crippen LogP contribution in [0.25, 0.3) is 0 Å². The van der Waals surface area contributed by atoms with E-state index < -0.39 is 5.97 Å². The van der Waals surface area contributed by atoms with Crippen molar-refractivity contribution in [2.24, 2.45) is 0 Å². The second-order valence-corrected chi connectivity index (χ2v) is 5.77. The van der Waals surface area contributed by atoms with Crippen molar-refractivity contribution in [2.75, 3.05) is 17.2 Å². The highest BCUT2D eigenvalue weighted by molar-refractivity contribution is 5.95. The van der Waals surface area contributed by atoms with Gasteiger partial charge in [0.05, 0.1) is 30.2 Å². The van der Waals surface area contributed by atoms with Crippen molar-refractivity contribution in [2.45, 2.75) is 50.8 Å². The number of rotatable bonds is 3. The predicted octanol–water partition coefficient (Wildman–Crippen LogP) is 1.33. The zero-order valence-corrected chi connectivity index (χ0v) is 12.2. The first-order chi connectivity index (χ1) is 10.1. The Morgan fingerprint density at radius 3 is 2.76 bits per heavy atom. The molecule has 3 N–H and O–H groups in total. The lowest BCUT2D eigenvalue weighted by molar-refractivity contribution is 0.0527. The number of aliphatic hydroxyl groups excluding tert-OH is 1. The van der Waals surface area contributed by atoms with Crippen molar-refractivity contribution in [3.05, 3.63) is 17.8 Å². The molecule has 0 saturated carbocycles. The molecule has 114 valence electrons. The summed E-state index contributed by atoms with van der Waals surface area (Å²) in [7, 11) is 0. The lowest BCUT2D eigenvalue weighted by Crippen LogP contribution is -2.45. The molecular formula is C15H21N3O3. The molecule has 0 amide bonds. The Balaban J connectivity index is 1.90. The van der Waals surface area contributed by atoms with Gasteiger partial charge in [-0.2, -0.15) is 0 Å². The third-order valence-electron chi connectivity index (χ3n) is 4.39. The molecule has 0 aliphatic carbocycles. The van der Waals surface area contributed by atoms with Crippen LogP contribution in [0.1, 0.15) is 43.0 Å². The van der Waals surface area contributed by atoms with E-state index in [4.69, 9.17) is 10.5 Å². The maximum absolute atomic E-state index is 11.9. The number of ether oxygens (including phenoxy) is 1. The highest BCUT2D eigenvalue weighted by Gasteiger charge is 2.41. The van der Waals surface area contributed by atoms with Crippen LogP contribution in [-0.2, 0) is 4.74 Å². The van der Waals surface area contributed by atoms with E-state index in [-0.39, 0.29) is 6.10 Å². The highest BCUT2D eigenvalue weighted by Crippen LogP contribution is 2.39. The molecule has 1 aromatic rings. The number of aliphatic hydroxyl groups is 1. The molecule has 2 atom stereocenters. The smallest absolute Gasteiger partial charge is 0.340 e. The van der Waals surface area contributed by atoms with Crippen molar-refractivity contribution in [1.82, 2.24) is 4.98 Å². The summed E-state index contributed by atoms with van der Waals surface area (Å²) < 4.78 is 5.03. The average molecular weight is 291 g/mol. The average Bonchev–Trinajstić information content (AvgIpc) is 2.72. The maximum Gasteiger partial charge on any atom is 0.340 e. The molecule has 0 aromatic carbocycles. The number of nitrogens with zero attached hydrogens (tertiary/aromatic N) is 2. The molecule has 1 aromatic heterocycles. The van der Waals surface area contributed by atoms with Crippen LogP contribution in [0, 0.1) is 0 Å². The first-order valence-electron chi connectivity index (χ1n) is 7.49. The number of anilines is 2. The normalized spacial score (nSPS) is 27.7. The molecule has 3 heterocycles. The van der Waals surface area contributed by atoms with Gasteiger partial charge in [-0.3, -0.25) is 0 Å². The van der Waals surface area contributed by atoms with Crippen LogP contribution in [0.15, 0.2) is 12.3 Å². The van der Waals surface area contributed by atoms with Gasteiger partial charge in [-0.05, 0) is 38.7 Å². The fourth-order valence-corrected chi connectivity index (χ4v) is 3.50. The first-order valence-corrected chi connectivity index (χ1v) is 7.49. The van der Waals surface area contributed by atoms with Gasteiger partial charge in [0.25, 0.3) is 0 Å². The lowest BCUT2D eigenvalue weighted by atomic mass is 9.99. The molecule has 21 heavy (non-hydrogen) atoms. The minimum atomic E-state index is -0.414. The molecule has 2 aliphatic heterocycles. The monoisotopic (exact) mass is 291 g/mol. The van der Waals surface area contributed by atoms with Crippen LogP contribution in [-0.4, -0.2) is 40.9 Å². The van der Waals surface area contributed by atoms with E-state index in [1.807, 2.05) is 0 Å². The SMILES string of the molecule is CCOC(=O)c1cc(N2C3CCC2CC(O)C3)ncc1N. The Morgan fingerprint density at radius 2 is 2.14 bits per heavy atom. The summed E-state index contributed by atoms with van der Waals surface area (Å²) in [6.45, 7) is 2.08. The first kappa shape index (κ1) is 14.1. The summed E-state index contributed by atoms with van der Waals surface area (Å²) >= 11 is 0. The van der Waals surface area contributed by atoms with Crippen molar-refractivity contribution >= 4 is 17.5 Å². The van der Waals surface area contributed by atoms with Gasteiger partial charge < -0.3 is 20.5 Å². The lowest BCUT2D eigenvalue weighted by Gasteiger charge is -2.38. The van der Waals surface area contributed by atoms with Gasteiger partial charge in [-0.15, -0.1) is 0 Å². The quantitative estimate of drug-likeness (QED) is 0.817. The molecule has 2 aliphatic rings. The number of hydrogen-bond acceptors (Lipinski definition) is 6. The van der Waals surface area contributed by atoms with Crippen molar-refractivity contribution in [3.63, 3.8) is 0 Å². The number of carbonyl (C=O) groups excluding carboxylic acids is 1. The molecule has 6 nitrogen and oxygen atoms in total. The molecule has 2 saturated heterocycles. The van der Waals surface area contributed by atoms with E-state index >= 15 is 0 Å². The Labute approximate surface area is 123 Å². The van der Waals surface area contributed by atoms with Gasteiger partial charge in [0.15, 0.2) is 0 Å². The summed E-state index contributed by atoms with van der Waals surface area (Å²) in [5, 5.41) is 9.87. The van der Waals surface area contributed by atoms with Crippen LogP contribution < -0.4 is 10.6 Å². The largest absolute Gasteiger partial charge is 0.462 e. The third kappa shape index (κ3) is 2.55. The third-order valence-corrected chi connectivity index (χ3v) is 4.39. The highest BCUT2D eigenvalue weighted by atomic mass is 16.5. The molecule has 0 spiro atoms. The van der Waals surface area contributed by atoms with Gasteiger partial charge in [0.1, 0.15) is 5.82 Å². The van der Waals surface area contributed by atoms with E-state index in [0.29, 0.717) is 29.9 Å². The van der Waals surface area contributed by atoms with Crippen molar-refractivity contribution in [3.8, 4) is 0 Å². The van der Waals surface area contributed by atoms with Gasteiger partial charge >= 0.3 is 5.97 Å². The molecule has 2 unspecified atom stereocenters. The van der Waals surface area contributed by atoms with E-state index in [1.165, 1.54) is 6.20 Å². The van der Waals surface area contributed by atoms with Crippen molar-refractivity contribution < 1.29 is 14.6 Å². The standard InChI is InChI=1S/C15H21N3O3/c1-2-21-15(20)12-7-14(17-8-13(12)16)18-9-3-4-10(18)6-11(19)5-9/h7-11,19H,2-6,16H2,1H3. The predicted molar refractivity (Wildman–Crippen MR) is 79.1 cm³/mol. The zero-order valence-electron chi connectivity index (χ0n) is 12.2. The molecule has 6 heteroatoms. The topological polar surface area (TPSA) is 88.7 Å². The number of hydrogen-bond donors (Lipinski definition) is 2. The Morgan fingerprint density at radius 1 is 1.48 bits per heavy atom. The molecular weight excluding hydrogens is 270 g/mol. The van der Waals surface area contributed by atoms with E-state index in [2.05, 4.69) is 9.88 Å². The van der Waals surface area contributed by atoms with Gasteiger partial charge in [0.2, 0.25) is 0 Å². The maximum atomic E-state index is 11.9. The van der Waals surface area contributed by atoms with Crippen LogP contribution in [0.3, 0.4) is 0 Å². The number of nitrogens with two attached hydrogens (primary N) is 1. The van der Waals surface area contributed by atoms with Crippen LogP contribution in [0.5, 0.6) is 0 Å². The molecule has 0 radical (unpaired) electrons. The summed E-state index contributed by atoms with van der Waals surface area (Å²) in [5.74, 6) is 0.342. The van der Waals surface area contributed by atoms with Crippen LogP contribution >= 0.6 is 0 Å². The number of carbonyl (C=O) groups is 1. The Kier molecular flexibility index (Phi) is 3.71. The van der Waals surface area contributed by atoms with E-state index in [9.17, 15) is 9.90 Å².